The molecule has 0 saturated heterocycles. The van der Waals surface area contributed by atoms with Gasteiger partial charge in [-0.3, -0.25) is 19.8 Å². The first-order valence-corrected chi connectivity index (χ1v) is 10.1. The Kier molecular flexibility index (Phi) is 6.55. The van der Waals surface area contributed by atoms with Crippen molar-refractivity contribution in [3.8, 4) is 0 Å². The van der Waals surface area contributed by atoms with Gasteiger partial charge in [0.1, 0.15) is 0 Å². The molecule has 3 aromatic carbocycles. The second kappa shape index (κ2) is 10.1. The summed E-state index contributed by atoms with van der Waals surface area (Å²) in [6.45, 7) is 0.415. The van der Waals surface area contributed by atoms with E-state index in [0.717, 1.165) is 22.4 Å². The van der Waals surface area contributed by atoms with Crippen molar-refractivity contribution < 1.29 is 4.79 Å². The van der Waals surface area contributed by atoms with E-state index in [0.29, 0.717) is 12.2 Å². The van der Waals surface area contributed by atoms with Gasteiger partial charge in [-0.05, 0) is 5.56 Å². The maximum absolute atomic E-state index is 13.2. The Balaban J connectivity index is 1.72. The van der Waals surface area contributed by atoms with E-state index < -0.39 is 6.04 Å². The van der Waals surface area contributed by atoms with Gasteiger partial charge in [0.25, 0.3) is 5.91 Å². The average molecular weight is 406 g/mol. The molecule has 4 aromatic rings. The summed E-state index contributed by atoms with van der Waals surface area (Å²) < 4.78 is 0. The summed E-state index contributed by atoms with van der Waals surface area (Å²) in [7, 11) is 0. The second-order valence-corrected chi connectivity index (χ2v) is 6.95. The Bertz CT molecular complexity index is 1090. The van der Waals surface area contributed by atoms with Gasteiger partial charge in [0.05, 0.1) is 17.6 Å². The van der Waals surface area contributed by atoms with E-state index in [2.05, 4.69) is 15.3 Å². The minimum atomic E-state index is -0.826. The van der Waals surface area contributed by atoms with Gasteiger partial charge in [-0.1, -0.05) is 91.0 Å². The lowest BCUT2D eigenvalue weighted by molar-refractivity contribution is -0.122. The van der Waals surface area contributed by atoms with E-state index in [-0.39, 0.29) is 5.91 Å². The topological polar surface area (TPSA) is 67.2 Å². The van der Waals surface area contributed by atoms with Crippen LogP contribution in [0.2, 0.25) is 0 Å². The normalized spacial score (nSPS) is 11.4. The molecule has 1 atom stereocenters. The number of hydrogen-bond acceptors (Lipinski definition) is 4. The minimum Gasteiger partial charge on any atom is -0.350 e. The zero-order valence-corrected chi connectivity index (χ0v) is 16.9. The summed E-state index contributed by atoms with van der Waals surface area (Å²) in [5.74, 6) is -0.228. The highest BCUT2D eigenvalue weighted by Crippen LogP contribution is 2.20. The molecule has 1 N–H and O–H groups in total. The van der Waals surface area contributed by atoms with Crippen LogP contribution in [0.5, 0.6) is 0 Å². The highest BCUT2D eigenvalue weighted by Gasteiger charge is 2.23. The molecule has 5 heteroatoms. The molecule has 0 bridgehead atoms. The van der Waals surface area contributed by atoms with Crippen LogP contribution in [0.15, 0.2) is 115 Å². The van der Waals surface area contributed by atoms with Crippen LogP contribution in [0.3, 0.4) is 0 Å². The standard InChI is InChI=1S/C26H22N4O/c31-26(29-18-20-10-4-1-5-11-20)25(23-19-27-16-17-28-23)30-24(21-12-6-2-7-13-21)22-14-8-3-9-15-22/h1-17,19,25H,18H2,(H,29,31). The lowest BCUT2D eigenvalue weighted by Gasteiger charge is -2.16. The van der Waals surface area contributed by atoms with Gasteiger partial charge < -0.3 is 5.32 Å². The number of carbonyl (C=O) groups is 1. The van der Waals surface area contributed by atoms with E-state index in [1.54, 1.807) is 18.6 Å². The van der Waals surface area contributed by atoms with Crippen LogP contribution >= 0.6 is 0 Å². The Morgan fingerprint density at radius 3 is 1.94 bits per heavy atom. The third-order valence-corrected chi connectivity index (χ3v) is 4.77. The van der Waals surface area contributed by atoms with E-state index in [1.165, 1.54) is 0 Å². The molecular formula is C26H22N4O. The van der Waals surface area contributed by atoms with Gasteiger partial charge in [-0.2, -0.15) is 0 Å². The fourth-order valence-electron chi connectivity index (χ4n) is 3.23. The minimum absolute atomic E-state index is 0.228. The Morgan fingerprint density at radius 2 is 1.39 bits per heavy atom. The number of benzene rings is 3. The zero-order chi connectivity index (χ0) is 21.3. The predicted molar refractivity (Wildman–Crippen MR) is 122 cm³/mol. The van der Waals surface area contributed by atoms with Gasteiger partial charge in [0.15, 0.2) is 6.04 Å². The smallest absolute Gasteiger partial charge is 0.251 e. The first-order valence-electron chi connectivity index (χ1n) is 10.1. The summed E-state index contributed by atoms with van der Waals surface area (Å²) >= 11 is 0. The molecule has 1 unspecified atom stereocenters. The van der Waals surface area contributed by atoms with Crippen LogP contribution in [0.25, 0.3) is 0 Å². The Hall–Kier alpha value is -4.12. The van der Waals surface area contributed by atoms with Crippen LogP contribution < -0.4 is 5.32 Å². The quantitative estimate of drug-likeness (QED) is 0.464. The molecule has 1 heterocycles. The fraction of sp³-hybridized carbons (Fsp3) is 0.0769. The maximum atomic E-state index is 13.2. The van der Waals surface area contributed by atoms with Crippen LogP contribution in [0.1, 0.15) is 28.4 Å². The molecule has 0 aliphatic heterocycles. The molecule has 152 valence electrons. The number of aromatic nitrogens is 2. The maximum Gasteiger partial charge on any atom is 0.251 e. The molecule has 0 saturated carbocycles. The van der Waals surface area contributed by atoms with Crippen LogP contribution in [0, 0.1) is 0 Å². The van der Waals surface area contributed by atoms with Crippen molar-refractivity contribution in [2.45, 2.75) is 12.6 Å². The van der Waals surface area contributed by atoms with Crippen molar-refractivity contribution in [2.24, 2.45) is 4.99 Å². The van der Waals surface area contributed by atoms with Gasteiger partial charge in [0.2, 0.25) is 0 Å². The van der Waals surface area contributed by atoms with Crippen molar-refractivity contribution in [1.29, 1.82) is 0 Å². The summed E-state index contributed by atoms with van der Waals surface area (Å²) in [4.78, 5) is 26.6. The zero-order valence-electron chi connectivity index (χ0n) is 16.9. The molecule has 0 spiro atoms. The van der Waals surface area contributed by atoms with Crippen molar-refractivity contribution in [2.75, 3.05) is 0 Å². The second-order valence-electron chi connectivity index (χ2n) is 6.95. The summed E-state index contributed by atoms with van der Waals surface area (Å²) in [6.07, 6.45) is 4.75. The number of nitrogens with zero attached hydrogens (tertiary/aromatic N) is 3. The number of rotatable bonds is 7. The number of nitrogens with one attached hydrogen (secondary N) is 1. The molecular weight excluding hydrogens is 384 g/mol. The molecule has 1 aromatic heterocycles. The molecule has 0 aliphatic rings. The lowest BCUT2D eigenvalue weighted by atomic mass is 10.0. The summed E-state index contributed by atoms with van der Waals surface area (Å²) in [6, 6.07) is 28.7. The highest BCUT2D eigenvalue weighted by atomic mass is 16.2. The third-order valence-electron chi connectivity index (χ3n) is 4.77. The number of amides is 1. The Morgan fingerprint density at radius 1 is 0.806 bits per heavy atom. The van der Waals surface area contributed by atoms with E-state index in [4.69, 9.17) is 4.99 Å². The molecule has 4 rings (SSSR count). The van der Waals surface area contributed by atoms with Crippen molar-refractivity contribution in [3.05, 3.63) is 132 Å². The van der Waals surface area contributed by atoms with E-state index in [9.17, 15) is 4.79 Å². The number of carbonyl (C=O) groups excluding carboxylic acids is 1. The SMILES string of the molecule is O=C(NCc1ccccc1)C(N=C(c1ccccc1)c1ccccc1)c1cnccn1. The van der Waals surface area contributed by atoms with Gasteiger partial charge in [0, 0.05) is 30.1 Å². The monoisotopic (exact) mass is 406 g/mol. The lowest BCUT2D eigenvalue weighted by Crippen LogP contribution is -2.29. The first kappa shape index (κ1) is 20.2. The van der Waals surface area contributed by atoms with Gasteiger partial charge in [-0.25, -0.2) is 0 Å². The summed E-state index contributed by atoms with van der Waals surface area (Å²) in [5, 5.41) is 2.99. The van der Waals surface area contributed by atoms with Crippen molar-refractivity contribution >= 4 is 11.6 Å². The number of aliphatic imine (C=N–C) groups is 1. The average Bonchev–Trinajstić information content (AvgIpc) is 2.85. The molecule has 5 nitrogen and oxygen atoms in total. The summed E-state index contributed by atoms with van der Waals surface area (Å²) in [5.41, 5.74) is 4.10. The molecule has 1 amide bonds. The predicted octanol–water partition coefficient (Wildman–Crippen LogP) is 4.37. The molecule has 31 heavy (non-hydrogen) atoms. The fourth-order valence-corrected chi connectivity index (χ4v) is 3.23. The van der Waals surface area contributed by atoms with Crippen LogP contribution in [-0.2, 0) is 11.3 Å². The number of hydrogen-bond donors (Lipinski definition) is 1. The molecule has 0 fully saturated rings. The van der Waals surface area contributed by atoms with Gasteiger partial charge in [-0.15, -0.1) is 0 Å². The van der Waals surface area contributed by atoms with Gasteiger partial charge >= 0.3 is 0 Å². The first-order chi connectivity index (χ1) is 15.3. The van der Waals surface area contributed by atoms with E-state index >= 15 is 0 Å². The highest BCUT2D eigenvalue weighted by molar-refractivity contribution is 6.13. The third kappa shape index (κ3) is 5.28. The largest absolute Gasteiger partial charge is 0.350 e. The molecule has 0 aliphatic carbocycles. The van der Waals surface area contributed by atoms with Crippen molar-refractivity contribution in [3.63, 3.8) is 0 Å². The van der Waals surface area contributed by atoms with Crippen LogP contribution in [-0.4, -0.2) is 21.6 Å². The van der Waals surface area contributed by atoms with Crippen LogP contribution in [0.4, 0.5) is 0 Å². The van der Waals surface area contributed by atoms with E-state index in [1.807, 2.05) is 91.0 Å². The Labute approximate surface area is 181 Å². The molecule has 0 radical (unpaired) electrons. The van der Waals surface area contributed by atoms with Crippen molar-refractivity contribution in [1.82, 2.24) is 15.3 Å².